The number of H-pyrrole nitrogens is 1. The van der Waals surface area contributed by atoms with Gasteiger partial charge >= 0.3 is 0 Å². The fourth-order valence-electron chi connectivity index (χ4n) is 3.64. The Morgan fingerprint density at radius 2 is 1.97 bits per heavy atom. The summed E-state index contributed by atoms with van der Waals surface area (Å²) in [6.07, 6.45) is 4.78. The Kier molecular flexibility index (Phi) is 9.60. The van der Waals surface area contributed by atoms with Gasteiger partial charge in [0.25, 0.3) is 0 Å². The molecule has 0 radical (unpaired) electrons. The summed E-state index contributed by atoms with van der Waals surface area (Å²) in [5, 5.41) is 5.25. The van der Waals surface area contributed by atoms with Gasteiger partial charge in [0, 0.05) is 31.4 Å². The molecule has 1 aliphatic rings. The molecule has 33 heavy (non-hydrogen) atoms. The monoisotopic (exact) mass is 464 g/mol. The molecule has 11 N–H and O–H groups in total. The van der Waals surface area contributed by atoms with Crippen molar-refractivity contribution < 1.29 is 19.2 Å². The number of guanidine groups is 1. The molecule has 0 unspecified atom stereocenters. The van der Waals surface area contributed by atoms with Crippen molar-refractivity contribution in [2.45, 2.75) is 50.2 Å². The number of hydrogen-bond acceptors (Lipinski definition) is 7. The lowest BCUT2D eigenvalue weighted by molar-refractivity contribution is -0.141. The topological polar surface area (TPSA) is 241 Å². The first-order chi connectivity index (χ1) is 15.7. The average molecular weight is 465 g/mol. The van der Waals surface area contributed by atoms with Crippen molar-refractivity contribution in [3.63, 3.8) is 0 Å². The summed E-state index contributed by atoms with van der Waals surface area (Å²) in [6, 6.07) is -2.70. The summed E-state index contributed by atoms with van der Waals surface area (Å²) >= 11 is 0. The quantitative estimate of drug-likeness (QED) is 0.0923. The zero-order valence-corrected chi connectivity index (χ0v) is 18.3. The second-order valence-electron chi connectivity index (χ2n) is 7.71. The number of nitrogens with two attached hydrogens (primary N) is 4. The van der Waals surface area contributed by atoms with E-state index in [1.807, 2.05) is 0 Å². The Labute approximate surface area is 190 Å². The summed E-state index contributed by atoms with van der Waals surface area (Å²) < 4.78 is 0. The summed E-state index contributed by atoms with van der Waals surface area (Å²) in [4.78, 5) is 62.0. The number of nitrogens with one attached hydrogen (secondary N) is 3. The van der Waals surface area contributed by atoms with Crippen molar-refractivity contribution in [1.29, 1.82) is 0 Å². The fourth-order valence-corrected chi connectivity index (χ4v) is 3.64. The molecule has 1 aliphatic heterocycles. The van der Waals surface area contributed by atoms with Gasteiger partial charge in [0.15, 0.2) is 5.96 Å². The first kappa shape index (κ1) is 25.6. The number of carbonyl (C=O) groups is 4. The van der Waals surface area contributed by atoms with Crippen molar-refractivity contribution in [2.75, 3.05) is 19.6 Å². The second-order valence-corrected chi connectivity index (χ2v) is 7.71. The predicted molar refractivity (Wildman–Crippen MR) is 119 cm³/mol. The number of aromatic nitrogens is 2. The van der Waals surface area contributed by atoms with E-state index in [-0.39, 0.29) is 31.9 Å². The van der Waals surface area contributed by atoms with Crippen molar-refractivity contribution in [2.24, 2.45) is 27.9 Å². The van der Waals surface area contributed by atoms with Crippen LogP contribution in [0.25, 0.3) is 0 Å². The van der Waals surface area contributed by atoms with Gasteiger partial charge in [-0.3, -0.25) is 24.2 Å². The molecule has 0 saturated carbocycles. The highest BCUT2D eigenvalue weighted by Crippen LogP contribution is 2.19. The lowest BCUT2D eigenvalue weighted by Crippen LogP contribution is -2.57. The number of primary amides is 1. The number of rotatable bonds is 12. The molecule has 2 rings (SSSR count). The van der Waals surface area contributed by atoms with E-state index >= 15 is 0 Å². The molecule has 14 nitrogen and oxygen atoms in total. The maximum absolute atomic E-state index is 13.2. The maximum Gasteiger partial charge on any atom is 0.245 e. The van der Waals surface area contributed by atoms with Crippen LogP contribution in [0.2, 0.25) is 0 Å². The van der Waals surface area contributed by atoms with Crippen LogP contribution >= 0.6 is 0 Å². The van der Waals surface area contributed by atoms with E-state index in [1.54, 1.807) is 0 Å². The van der Waals surface area contributed by atoms with Crippen LogP contribution in [0.5, 0.6) is 0 Å². The van der Waals surface area contributed by atoms with Gasteiger partial charge in [-0.25, -0.2) is 4.98 Å². The molecule has 0 spiro atoms. The van der Waals surface area contributed by atoms with Gasteiger partial charge < -0.3 is 43.5 Å². The maximum atomic E-state index is 13.2. The van der Waals surface area contributed by atoms with E-state index in [1.165, 1.54) is 17.4 Å². The molecule has 2 heterocycles. The van der Waals surface area contributed by atoms with Crippen LogP contribution in [0.1, 0.15) is 31.4 Å². The fraction of sp³-hybridized carbons (Fsp3) is 0.579. The predicted octanol–water partition coefficient (Wildman–Crippen LogP) is -3.59. The minimum atomic E-state index is -1.000. The molecule has 182 valence electrons. The van der Waals surface area contributed by atoms with Gasteiger partial charge in [0.05, 0.1) is 12.9 Å². The van der Waals surface area contributed by atoms with Gasteiger partial charge in [0.1, 0.15) is 18.1 Å². The molecule has 14 heteroatoms. The molecule has 3 atom stereocenters. The van der Waals surface area contributed by atoms with Gasteiger partial charge in [-0.2, -0.15) is 0 Å². The van der Waals surface area contributed by atoms with Crippen LogP contribution in [0, 0.1) is 0 Å². The SMILES string of the molecule is NCC(=O)N[C@@H](Cc1cnc[nH]1)C(=O)N[C@@H](CCCN=C(N)N)C(=O)N1CCC[C@H]1C(N)=O. The smallest absolute Gasteiger partial charge is 0.245 e. The summed E-state index contributed by atoms with van der Waals surface area (Å²) in [6.45, 7) is 0.304. The van der Waals surface area contributed by atoms with Gasteiger partial charge in [-0.05, 0) is 25.7 Å². The van der Waals surface area contributed by atoms with Gasteiger partial charge in [-0.1, -0.05) is 0 Å². The Bertz CT molecular complexity index is 853. The first-order valence-electron chi connectivity index (χ1n) is 10.6. The zero-order chi connectivity index (χ0) is 24.4. The number of aliphatic imine (C=N–C) groups is 1. The number of likely N-dealkylation sites (tertiary alicyclic amines) is 1. The average Bonchev–Trinajstić information content (AvgIpc) is 3.46. The number of hydrogen-bond donors (Lipinski definition) is 7. The van der Waals surface area contributed by atoms with E-state index in [0.717, 1.165) is 0 Å². The number of nitrogens with zero attached hydrogens (tertiary/aromatic N) is 3. The van der Waals surface area contributed by atoms with Crippen LogP contribution < -0.4 is 33.6 Å². The first-order valence-corrected chi connectivity index (χ1v) is 10.6. The third-order valence-electron chi connectivity index (χ3n) is 5.24. The molecule has 4 amide bonds. The molecule has 0 aromatic carbocycles. The molecule has 1 fully saturated rings. The van der Waals surface area contributed by atoms with Crippen molar-refractivity contribution >= 4 is 29.6 Å². The molecule has 0 aliphatic carbocycles. The molecule has 1 aromatic rings. The Balaban J connectivity index is 2.17. The Morgan fingerprint density at radius 1 is 1.21 bits per heavy atom. The largest absolute Gasteiger partial charge is 0.370 e. The highest BCUT2D eigenvalue weighted by molar-refractivity contribution is 5.94. The molecule has 1 saturated heterocycles. The Hall–Kier alpha value is -3.68. The second kappa shape index (κ2) is 12.4. The number of carbonyl (C=O) groups excluding carboxylic acids is 4. The minimum absolute atomic E-state index is 0.0839. The summed E-state index contributed by atoms with van der Waals surface area (Å²) in [5.41, 5.74) is 22.1. The molecular weight excluding hydrogens is 432 g/mol. The van der Waals surface area contributed by atoms with Crippen LogP contribution in [-0.2, 0) is 25.6 Å². The van der Waals surface area contributed by atoms with Crippen LogP contribution in [0.3, 0.4) is 0 Å². The lowest BCUT2D eigenvalue weighted by Gasteiger charge is -2.29. The molecule has 0 bridgehead atoms. The van der Waals surface area contributed by atoms with Crippen LogP contribution in [0.4, 0.5) is 0 Å². The Morgan fingerprint density at radius 3 is 2.58 bits per heavy atom. The number of imidazole rings is 1. The number of amides is 4. The molecular formula is C19H32N10O4. The van der Waals surface area contributed by atoms with Crippen molar-refractivity contribution in [3.8, 4) is 0 Å². The third kappa shape index (κ3) is 7.75. The van der Waals surface area contributed by atoms with Crippen LogP contribution in [0.15, 0.2) is 17.5 Å². The van der Waals surface area contributed by atoms with Crippen molar-refractivity contribution in [3.05, 3.63) is 18.2 Å². The lowest BCUT2D eigenvalue weighted by atomic mass is 10.1. The van der Waals surface area contributed by atoms with E-state index in [9.17, 15) is 19.2 Å². The summed E-state index contributed by atoms with van der Waals surface area (Å²) in [7, 11) is 0. The van der Waals surface area contributed by atoms with Crippen LogP contribution in [-0.4, -0.2) is 82.2 Å². The van der Waals surface area contributed by atoms with E-state index < -0.39 is 41.8 Å². The van der Waals surface area contributed by atoms with E-state index in [0.29, 0.717) is 31.5 Å². The van der Waals surface area contributed by atoms with Gasteiger partial charge in [-0.15, -0.1) is 0 Å². The third-order valence-corrected chi connectivity index (χ3v) is 5.24. The molecule has 1 aromatic heterocycles. The highest BCUT2D eigenvalue weighted by atomic mass is 16.2. The normalized spacial score (nSPS) is 17.1. The van der Waals surface area contributed by atoms with E-state index in [4.69, 9.17) is 22.9 Å². The summed E-state index contributed by atoms with van der Waals surface area (Å²) in [5.74, 6) is -2.22. The highest BCUT2D eigenvalue weighted by Gasteiger charge is 2.37. The van der Waals surface area contributed by atoms with E-state index in [2.05, 4.69) is 25.6 Å². The van der Waals surface area contributed by atoms with Crippen molar-refractivity contribution in [1.82, 2.24) is 25.5 Å². The van der Waals surface area contributed by atoms with Gasteiger partial charge in [0.2, 0.25) is 23.6 Å². The standard InChI is InChI=1S/C19H32N10O4/c20-8-15(30)27-13(7-11-9-24-10-26-11)17(32)28-12(3-1-5-25-19(22)23)18(33)29-6-2-4-14(29)16(21)31/h9-10,12-14H,1-8,20H2,(H2,21,31)(H,24,26)(H,27,30)(H,28,32)(H4,22,23,25)/t12-,13-,14-/m0/s1. The zero-order valence-electron chi connectivity index (χ0n) is 18.3. The number of aromatic amines is 1. The minimum Gasteiger partial charge on any atom is -0.370 e.